The zero-order valence-electron chi connectivity index (χ0n) is 46.1. The fraction of sp³-hybridized carbons (Fsp3) is 0.619. The molecule has 0 aromatic heterocycles. The molecule has 414 valence electrons. The Labute approximate surface area is 446 Å². The van der Waals surface area contributed by atoms with Gasteiger partial charge in [0, 0.05) is 19.4 Å². The van der Waals surface area contributed by atoms with E-state index >= 15 is 0 Å². The van der Waals surface area contributed by atoms with Crippen LogP contribution in [0.1, 0.15) is 219 Å². The van der Waals surface area contributed by atoms with Crippen molar-refractivity contribution in [1.29, 1.82) is 0 Å². The molecule has 0 aliphatic carbocycles. The molecule has 0 amide bonds. The van der Waals surface area contributed by atoms with E-state index in [-0.39, 0.29) is 32.6 Å². The molecule has 3 N–H and O–H groups in total. The number of allylic oxidation sites excluding steroid dienone is 22. The van der Waals surface area contributed by atoms with Crippen molar-refractivity contribution < 1.29 is 37.6 Å². The van der Waals surface area contributed by atoms with Crippen molar-refractivity contribution in [3.05, 3.63) is 134 Å². The smallest absolute Gasteiger partial charge is 0.462 e. The first-order chi connectivity index (χ1) is 35.8. The molecule has 9 nitrogen and oxygen atoms in total. The third-order valence-corrected chi connectivity index (χ3v) is 12.5. The van der Waals surface area contributed by atoms with Crippen molar-refractivity contribution in [3.63, 3.8) is 0 Å². The van der Waals surface area contributed by atoms with Crippen molar-refractivity contribution >= 4 is 19.8 Å². The van der Waals surface area contributed by atoms with E-state index in [4.69, 9.17) is 24.3 Å². The third kappa shape index (κ3) is 57.3. The highest BCUT2D eigenvalue weighted by molar-refractivity contribution is 7.47. The largest absolute Gasteiger partial charge is 0.472 e. The number of phosphoric acid groups is 1. The molecule has 0 aliphatic heterocycles. The summed E-state index contributed by atoms with van der Waals surface area (Å²) >= 11 is 0. The molecule has 0 saturated heterocycles. The number of esters is 2. The molecule has 10 heteroatoms. The Morgan fingerprint density at radius 1 is 0.425 bits per heavy atom. The Morgan fingerprint density at radius 3 is 1.12 bits per heavy atom. The molecule has 0 fully saturated rings. The van der Waals surface area contributed by atoms with Crippen molar-refractivity contribution in [2.24, 2.45) is 5.73 Å². The Morgan fingerprint density at radius 2 is 0.753 bits per heavy atom. The third-order valence-electron chi connectivity index (χ3n) is 11.5. The first-order valence-electron chi connectivity index (χ1n) is 28.7. The molecule has 0 spiro atoms. The maximum atomic E-state index is 12.7. The second-order valence-corrected chi connectivity index (χ2v) is 19.9. The first-order valence-corrected chi connectivity index (χ1v) is 30.2. The van der Waals surface area contributed by atoms with Gasteiger partial charge in [-0.25, -0.2) is 4.57 Å². The van der Waals surface area contributed by atoms with Gasteiger partial charge in [-0.2, -0.15) is 0 Å². The van der Waals surface area contributed by atoms with E-state index in [1.807, 2.05) is 0 Å². The van der Waals surface area contributed by atoms with E-state index in [2.05, 4.69) is 148 Å². The normalized spacial score (nSPS) is 14.1. The van der Waals surface area contributed by atoms with Crippen molar-refractivity contribution in [2.45, 2.75) is 225 Å². The van der Waals surface area contributed by atoms with Crippen LogP contribution in [0.4, 0.5) is 0 Å². The van der Waals surface area contributed by atoms with Crippen LogP contribution in [-0.2, 0) is 32.7 Å². The SMILES string of the molecule is CC/C=C\C/C=C\C/C=C\C/C=C\C/C=C\C/C=C\C/C=C\C/C=C\C/C=C\CCCCCCCCCCCC(=O)OC(COC(=O)CCCCCCC/C=C\C/C=C\CCCCC)COP(=O)(O)OCCN. The molecular weight excluding hydrogens is 930 g/mol. The molecule has 0 rings (SSSR count). The number of carbonyl (C=O) groups is 2. The molecular formula is C63H104NO8P. The molecule has 2 unspecified atom stereocenters. The maximum Gasteiger partial charge on any atom is 0.472 e. The minimum atomic E-state index is -4.40. The van der Waals surface area contributed by atoms with Crippen LogP contribution in [-0.4, -0.2) is 49.3 Å². The number of hydrogen-bond acceptors (Lipinski definition) is 8. The lowest BCUT2D eigenvalue weighted by atomic mass is 10.1. The summed E-state index contributed by atoms with van der Waals surface area (Å²) in [6, 6.07) is 0. The number of carbonyl (C=O) groups excluding carboxylic acids is 2. The molecule has 0 aromatic carbocycles. The van der Waals surface area contributed by atoms with Gasteiger partial charge < -0.3 is 20.1 Å². The lowest BCUT2D eigenvalue weighted by Gasteiger charge is -2.19. The van der Waals surface area contributed by atoms with Crippen LogP contribution < -0.4 is 5.73 Å². The fourth-order valence-electron chi connectivity index (χ4n) is 7.30. The van der Waals surface area contributed by atoms with Gasteiger partial charge in [-0.3, -0.25) is 18.6 Å². The first kappa shape index (κ1) is 69.2. The van der Waals surface area contributed by atoms with Crippen LogP contribution in [0.2, 0.25) is 0 Å². The minimum Gasteiger partial charge on any atom is -0.462 e. The van der Waals surface area contributed by atoms with Gasteiger partial charge >= 0.3 is 19.8 Å². The van der Waals surface area contributed by atoms with Crippen molar-refractivity contribution in [3.8, 4) is 0 Å². The summed E-state index contributed by atoms with van der Waals surface area (Å²) in [6.07, 6.45) is 80.8. The molecule has 0 heterocycles. The van der Waals surface area contributed by atoms with E-state index in [9.17, 15) is 19.0 Å². The van der Waals surface area contributed by atoms with Gasteiger partial charge in [0.2, 0.25) is 0 Å². The highest BCUT2D eigenvalue weighted by Gasteiger charge is 2.26. The fourth-order valence-corrected chi connectivity index (χ4v) is 8.07. The van der Waals surface area contributed by atoms with Gasteiger partial charge in [-0.15, -0.1) is 0 Å². The zero-order valence-corrected chi connectivity index (χ0v) is 47.0. The van der Waals surface area contributed by atoms with Crippen LogP contribution >= 0.6 is 7.82 Å². The standard InChI is InChI=1S/C63H104NO8P/c1-3-5-7-9-11-13-15-17-19-20-21-22-23-24-25-26-27-28-29-30-31-32-33-34-35-36-37-38-39-40-42-44-46-48-50-52-54-56-63(66)72-61(60-71-73(67,68)70-58-57-64)59-69-62(65)55-53-51-49-47-45-43-41-18-16-14-12-10-8-6-4-2/h5,7,11-14,17-19,21-22,24-25,27-28,30-31,33-34,36-37,41,61H,3-4,6,8-10,15-16,20,23,26,29,32,35,38-40,42-60,64H2,1-2H3,(H,67,68)/b7-5-,13-11-,14-12-,19-17-,22-21-,25-24-,28-27-,31-30-,34-33-,37-36-,41-18-. The molecule has 73 heavy (non-hydrogen) atoms. The van der Waals surface area contributed by atoms with E-state index in [0.29, 0.717) is 12.8 Å². The zero-order chi connectivity index (χ0) is 53.1. The molecule has 0 bridgehead atoms. The van der Waals surface area contributed by atoms with Crippen LogP contribution in [0.25, 0.3) is 0 Å². The van der Waals surface area contributed by atoms with Gasteiger partial charge in [0.15, 0.2) is 6.10 Å². The predicted molar refractivity (Wildman–Crippen MR) is 311 cm³/mol. The Bertz CT molecular complexity index is 1650. The Hall–Kier alpha value is -3.85. The van der Waals surface area contributed by atoms with Crippen LogP contribution in [0.3, 0.4) is 0 Å². The highest BCUT2D eigenvalue weighted by atomic mass is 31.2. The highest BCUT2D eigenvalue weighted by Crippen LogP contribution is 2.43. The van der Waals surface area contributed by atoms with Gasteiger partial charge in [0.25, 0.3) is 0 Å². The van der Waals surface area contributed by atoms with Crippen molar-refractivity contribution in [1.82, 2.24) is 0 Å². The van der Waals surface area contributed by atoms with E-state index < -0.39 is 32.5 Å². The quantitative estimate of drug-likeness (QED) is 0.0264. The summed E-state index contributed by atoms with van der Waals surface area (Å²) in [7, 11) is -4.40. The second-order valence-electron chi connectivity index (χ2n) is 18.4. The Balaban J connectivity index is 4.01. The lowest BCUT2D eigenvalue weighted by Crippen LogP contribution is -2.29. The van der Waals surface area contributed by atoms with E-state index in [1.165, 1.54) is 57.8 Å². The maximum absolute atomic E-state index is 12.7. The van der Waals surface area contributed by atoms with E-state index in [0.717, 1.165) is 122 Å². The molecule has 0 saturated carbocycles. The van der Waals surface area contributed by atoms with Crippen LogP contribution in [0.15, 0.2) is 134 Å². The van der Waals surface area contributed by atoms with Gasteiger partial charge in [-0.05, 0) is 116 Å². The molecule has 0 aliphatic rings. The molecule has 0 radical (unpaired) electrons. The number of unbranched alkanes of at least 4 members (excludes halogenated alkanes) is 17. The Kier molecular flexibility index (Phi) is 54.4. The average molecular weight is 1030 g/mol. The van der Waals surface area contributed by atoms with Gasteiger partial charge in [0.05, 0.1) is 13.2 Å². The minimum absolute atomic E-state index is 0.0439. The summed E-state index contributed by atoms with van der Waals surface area (Å²) in [5.41, 5.74) is 5.37. The van der Waals surface area contributed by atoms with E-state index in [1.54, 1.807) is 0 Å². The van der Waals surface area contributed by atoms with Crippen molar-refractivity contribution in [2.75, 3.05) is 26.4 Å². The summed E-state index contributed by atoms with van der Waals surface area (Å²) in [5, 5.41) is 0. The number of phosphoric ester groups is 1. The topological polar surface area (TPSA) is 134 Å². The lowest BCUT2D eigenvalue weighted by molar-refractivity contribution is -0.161. The summed E-state index contributed by atoms with van der Waals surface area (Å²) < 4.78 is 32.9. The average Bonchev–Trinajstić information content (AvgIpc) is 3.38. The van der Waals surface area contributed by atoms with Gasteiger partial charge in [0.1, 0.15) is 6.61 Å². The number of rotatable bonds is 52. The number of nitrogens with two attached hydrogens (primary N) is 1. The predicted octanol–water partition coefficient (Wildman–Crippen LogP) is 18.2. The van der Waals surface area contributed by atoms with Crippen LogP contribution in [0.5, 0.6) is 0 Å². The summed E-state index contributed by atoms with van der Waals surface area (Å²) in [5.74, 6) is -0.859. The van der Waals surface area contributed by atoms with Gasteiger partial charge in [-0.1, -0.05) is 225 Å². The summed E-state index contributed by atoms with van der Waals surface area (Å²) in [4.78, 5) is 35.1. The number of hydrogen-bond donors (Lipinski definition) is 2. The second kappa shape index (κ2) is 57.4. The number of ether oxygens (including phenoxy) is 2. The summed E-state index contributed by atoms with van der Waals surface area (Å²) in [6.45, 7) is 3.56. The molecule has 0 aromatic rings. The monoisotopic (exact) mass is 1030 g/mol. The molecule has 2 atom stereocenters. The van der Waals surface area contributed by atoms with Crippen LogP contribution in [0, 0.1) is 0 Å².